The molecule has 1 N–H and O–H groups in total. The molecule has 0 bridgehead atoms. The molecule has 6 nitrogen and oxygen atoms in total. The molecule has 0 aliphatic carbocycles. The smallest absolute Gasteiger partial charge is 0.267 e. The molecule has 0 saturated heterocycles. The van der Waals surface area contributed by atoms with Crippen LogP contribution in [0.4, 0.5) is 4.39 Å². The van der Waals surface area contributed by atoms with Crippen LogP contribution < -0.4 is 4.72 Å². The Hall–Kier alpha value is -2.94. The first-order chi connectivity index (χ1) is 14.6. The van der Waals surface area contributed by atoms with Gasteiger partial charge in [-0.3, -0.25) is 4.79 Å². The maximum absolute atomic E-state index is 14.8. The van der Waals surface area contributed by atoms with E-state index in [4.69, 9.17) is 23.2 Å². The van der Waals surface area contributed by atoms with Crippen LogP contribution in [0.1, 0.15) is 10.4 Å². The monoisotopic (exact) mass is 477 g/mol. The van der Waals surface area contributed by atoms with Gasteiger partial charge in [0, 0.05) is 22.0 Å². The van der Waals surface area contributed by atoms with Gasteiger partial charge in [-0.1, -0.05) is 53.5 Å². The van der Waals surface area contributed by atoms with Crippen molar-refractivity contribution in [2.45, 2.75) is 0 Å². The molecule has 0 saturated carbocycles. The van der Waals surface area contributed by atoms with E-state index in [1.807, 2.05) is 18.2 Å². The number of sulfonamides is 1. The van der Waals surface area contributed by atoms with Crippen molar-refractivity contribution in [2.24, 2.45) is 0 Å². The van der Waals surface area contributed by atoms with Crippen molar-refractivity contribution in [2.75, 3.05) is 6.26 Å². The molecule has 4 aromatic rings. The molecule has 0 aliphatic heterocycles. The van der Waals surface area contributed by atoms with E-state index in [1.165, 1.54) is 4.68 Å². The zero-order valence-electron chi connectivity index (χ0n) is 15.9. The summed E-state index contributed by atoms with van der Waals surface area (Å²) in [4.78, 5) is 12.1. The number of para-hydroxylation sites is 1. The van der Waals surface area contributed by atoms with Crippen molar-refractivity contribution in [3.63, 3.8) is 0 Å². The Kier molecular flexibility index (Phi) is 5.47. The Labute approximate surface area is 187 Å². The van der Waals surface area contributed by atoms with Crippen molar-refractivity contribution in [1.29, 1.82) is 0 Å². The lowest BCUT2D eigenvalue weighted by Gasteiger charge is -2.10. The zero-order valence-corrected chi connectivity index (χ0v) is 18.3. The fraction of sp³-hybridized carbons (Fsp3) is 0.0476. The number of amides is 1. The van der Waals surface area contributed by atoms with Crippen LogP contribution in [-0.2, 0) is 10.0 Å². The molecular weight excluding hydrogens is 464 g/mol. The molecule has 1 amide bonds. The van der Waals surface area contributed by atoms with Gasteiger partial charge in [-0.2, -0.15) is 5.10 Å². The molecule has 3 aromatic carbocycles. The lowest BCUT2D eigenvalue weighted by atomic mass is 10.1. The summed E-state index contributed by atoms with van der Waals surface area (Å²) < 4.78 is 40.5. The number of nitrogens with one attached hydrogen (secondary N) is 1. The molecule has 0 fully saturated rings. The van der Waals surface area contributed by atoms with E-state index >= 15 is 0 Å². The molecule has 158 valence electrons. The number of carbonyl (C=O) groups excluding carboxylic acids is 1. The summed E-state index contributed by atoms with van der Waals surface area (Å²) in [6.45, 7) is 0. The molecular formula is C21H14Cl2FN3O3S. The second-order valence-electron chi connectivity index (χ2n) is 6.77. The highest BCUT2D eigenvalue weighted by atomic mass is 35.5. The number of aromatic nitrogens is 2. The fourth-order valence-corrected chi connectivity index (χ4v) is 4.08. The van der Waals surface area contributed by atoms with Gasteiger partial charge in [-0.15, -0.1) is 0 Å². The maximum Gasteiger partial charge on any atom is 0.267 e. The maximum atomic E-state index is 14.8. The van der Waals surface area contributed by atoms with Crippen molar-refractivity contribution in [3.05, 3.63) is 82.1 Å². The number of rotatable bonds is 4. The van der Waals surface area contributed by atoms with Crippen LogP contribution in [0, 0.1) is 5.82 Å². The van der Waals surface area contributed by atoms with Crippen LogP contribution in [0.5, 0.6) is 0 Å². The first-order valence-electron chi connectivity index (χ1n) is 8.89. The van der Waals surface area contributed by atoms with E-state index < -0.39 is 27.3 Å². The largest absolute Gasteiger partial charge is 0.268 e. The Morgan fingerprint density at radius 1 is 1.06 bits per heavy atom. The summed E-state index contributed by atoms with van der Waals surface area (Å²) in [6.07, 6.45) is 0.798. The molecule has 0 aliphatic rings. The fourth-order valence-electron chi connectivity index (χ4n) is 3.19. The second kappa shape index (κ2) is 7.96. The van der Waals surface area contributed by atoms with Crippen molar-refractivity contribution in [1.82, 2.24) is 14.5 Å². The number of benzene rings is 3. The summed E-state index contributed by atoms with van der Waals surface area (Å²) in [7, 11) is -3.86. The first-order valence-corrected chi connectivity index (χ1v) is 11.5. The van der Waals surface area contributed by atoms with Gasteiger partial charge in [0.2, 0.25) is 10.0 Å². The molecule has 31 heavy (non-hydrogen) atoms. The minimum absolute atomic E-state index is 0.0194. The summed E-state index contributed by atoms with van der Waals surface area (Å²) >= 11 is 12.5. The Morgan fingerprint density at radius 3 is 2.52 bits per heavy atom. The third-order valence-corrected chi connectivity index (χ3v) is 5.57. The van der Waals surface area contributed by atoms with Gasteiger partial charge < -0.3 is 0 Å². The Bertz CT molecular complexity index is 1450. The van der Waals surface area contributed by atoms with Gasteiger partial charge in [-0.05, 0) is 24.3 Å². The Balaban J connectivity index is 1.88. The quantitative estimate of drug-likeness (QED) is 0.456. The molecule has 0 atom stereocenters. The molecule has 0 unspecified atom stereocenters. The van der Waals surface area contributed by atoms with E-state index in [1.54, 1.807) is 35.1 Å². The molecule has 10 heteroatoms. The van der Waals surface area contributed by atoms with Crippen molar-refractivity contribution in [3.8, 4) is 16.9 Å². The SMILES string of the molecule is CS(=O)(=O)NC(=O)c1cc(Cl)c(-n2nc(-c3cccc(Cl)c3)c3ccccc32)cc1F. The van der Waals surface area contributed by atoms with Crippen LogP contribution in [0.3, 0.4) is 0 Å². The van der Waals surface area contributed by atoms with Gasteiger partial charge in [0.25, 0.3) is 5.91 Å². The van der Waals surface area contributed by atoms with Gasteiger partial charge in [-0.25, -0.2) is 22.2 Å². The van der Waals surface area contributed by atoms with Gasteiger partial charge >= 0.3 is 0 Å². The molecule has 4 rings (SSSR count). The number of nitrogens with zero attached hydrogens (tertiary/aromatic N) is 2. The van der Waals surface area contributed by atoms with Gasteiger partial charge in [0.15, 0.2) is 0 Å². The number of fused-ring (bicyclic) bond motifs is 1. The third kappa shape index (κ3) is 4.27. The molecule has 1 heterocycles. The number of hydrogen-bond donors (Lipinski definition) is 1. The molecule has 0 radical (unpaired) electrons. The van der Waals surface area contributed by atoms with Crippen molar-refractivity contribution >= 4 is 50.0 Å². The number of hydrogen-bond acceptors (Lipinski definition) is 4. The van der Waals surface area contributed by atoms with Gasteiger partial charge in [0.05, 0.1) is 28.0 Å². The zero-order chi connectivity index (χ0) is 22.3. The lowest BCUT2D eigenvalue weighted by Crippen LogP contribution is -2.30. The third-order valence-electron chi connectivity index (χ3n) is 4.47. The van der Waals surface area contributed by atoms with E-state index in [9.17, 15) is 17.6 Å². The van der Waals surface area contributed by atoms with Crippen LogP contribution >= 0.6 is 23.2 Å². The number of halogens is 3. The predicted octanol–water partition coefficient (Wildman–Crippen LogP) is 4.83. The summed E-state index contributed by atoms with van der Waals surface area (Å²) in [5, 5.41) is 5.97. The van der Waals surface area contributed by atoms with E-state index in [2.05, 4.69) is 5.10 Å². The van der Waals surface area contributed by atoms with E-state index in [0.29, 0.717) is 16.2 Å². The van der Waals surface area contributed by atoms with Crippen LogP contribution in [-0.4, -0.2) is 30.4 Å². The highest BCUT2D eigenvalue weighted by molar-refractivity contribution is 7.89. The number of carbonyl (C=O) groups is 1. The summed E-state index contributed by atoms with van der Waals surface area (Å²) in [5.41, 5.74) is 1.74. The van der Waals surface area contributed by atoms with Crippen LogP contribution in [0.15, 0.2) is 60.7 Å². The molecule has 0 spiro atoms. The normalized spacial score (nSPS) is 11.6. The minimum atomic E-state index is -3.86. The summed E-state index contributed by atoms with van der Waals surface area (Å²) in [6, 6.07) is 16.6. The highest BCUT2D eigenvalue weighted by Crippen LogP contribution is 2.33. The average Bonchev–Trinajstić information content (AvgIpc) is 3.07. The first kappa shape index (κ1) is 21.3. The van der Waals surface area contributed by atoms with Crippen LogP contribution in [0.2, 0.25) is 10.0 Å². The van der Waals surface area contributed by atoms with Crippen LogP contribution in [0.25, 0.3) is 27.8 Å². The standard InChI is InChI=1S/C21H14Cl2FN3O3S/c1-31(29,30)26-21(28)15-10-16(23)19(11-17(15)24)27-18-8-3-2-7-14(18)20(25-27)12-5-4-6-13(22)9-12/h2-11H,1H3,(H,26,28). The minimum Gasteiger partial charge on any atom is -0.268 e. The van der Waals surface area contributed by atoms with Crippen molar-refractivity contribution < 1.29 is 17.6 Å². The summed E-state index contributed by atoms with van der Waals surface area (Å²) in [5.74, 6) is -2.05. The van der Waals surface area contributed by atoms with Gasteiger partial charge in [0.1, 0.15) is 11.5 Å². The lowest BCUT2D eigenvalue weighted by molar-refractivity contribution is 0.0978. The molecule has 1 aromatic heterocycles. The topological polar surface area (TPSA) is 81.1 Å². The Morgan fingerprint density at radius 2 is 1.81 bits per heavy atom. The highest BCUT2D eigenvalue weighted by Gasteiger charge is 2.21. The average molecular weight is 478 g/mol. The van der Waals surface area contributed by atoms with E-state index in [0.717, 1.165) is 29.3 Å². The second-order valence-corrected chi connectivity index (χ2v) is 9.37. The van der Waals surface area contributed by atoms with E-state index in [-0.39, 0.29) is 10.7 Å². The predicted molar refractivity (Wildman–Crippen MR) is 119 cm³/mol.